The Morgan fingerprint density at radius 3 is 2.75 bits per heavy atom. The third kappa shape index (κ3) is 2.41. The average molecular weight is 296 g/mol. The van der Waals surface area contributed by atoms with Gasteiger partial charge in [0.25, 0.3) is 5.91 Å². The number of anilines is 1. The Bertz CT molecular complexity index is 652. The van der Waals surface area contributed by atoms with E-state index in [9.17, 15) is 13.2 Å². The fourth-order valence-electron chi connectivity index (χ4n) is 2.13. The van der Waals surface area contributed by atoms with Gasteiger partial charge >= 0.3 is 0 Å². The number of carbonyl (C=O) groups is 1. The first-order valence-electron chi connectivity index (χ1n) is 6.29. The maximum atomic E-state index is 12.4. The minimum absolute atomic E-state index is 0.0984. The van der Waals surface area contributed by atoms with E-state index in [1.54, 1.807) is 23.1 Å². The minimum Gasteiger partial charge on any atom is -0.331 e. The molecule has 108 valence electrons. The zero-order valence-corrected chi connectivity index (χ0v) is 11.9. The van der Waals surface area contributed by atoms with Crippen LogP contribution in [0, 0.1) is 0 Å². The molecule has 0 saturated carbocycles. The van der Waals surface area contributed by atoms with Crippen molar-refractivity contribution in [3.05, 3.63) is 35.4 Å². The number of unbranched alkanes of at least 4 members (excludes halogenated alkanes) is 1. The summed E-state index contributed by atoms with van der Waals surface area (Å²) in [7, 11) is -3.72. The molecule has 1 aliphatic rings. The molecule has 0 spiro atoms. The second-order valence-electron chi connectivity index (χ2n) is 4.43. The highest BCUT2D eigenvalue weighted by molar-refractivity contribution is 7.96. The Morgan fingerprint density at radius 2 is 2.10 bits per heavy atom. The van der Waals surface area contributed by atoms with Gasteiger partial charge in [-0.25, -0.2) is 13.9 Å². The van der Waals surface area contributed by atoms with Gasteiger partial charge in [-0.05, 0) is 18.6 Å². The zero-order valence-electron chi connectivity index (χ0n) is 11.0. The van der Waals surface area contributed by atoms with Crippen LogP contribution in [0.3, 0.4) is 0 Å². The molecule has 20 heavy (non-hydrogen) atoms. The van der Waals surface area contributed by atoms with E-state index >= 15 is 0 Å². The summed E-state index contributed by atoms with van der Waals surface area (Å²) < 4.78 is 24.9. The van der Waals surface area contributed by atoms with E-state index in [2.05, 4.69) is 0 Å². The van der Waals surface area contributed by atoms with Gasteiger partial charge in [0.2, 0.25) is 9.84 Å². The van der Waals surface area contributed by atoms with Gasteiger partial charge in [0, 0.05) is 12.6 Å². The van der Waals surface area contributed by atoms with Crippen LogP contribution in [0.2, 0.25) is 0 Å². The Balaban J connectivity index is 2.55. The molecule has 0 saturated heterocycles. The molecule has 1 heterocycles. The molecule has 0 bridgehead atoms. The Labute approximate surface area is 117 Å². The number of fused-ring (bicyclic) bond motifs is 1. The maximum Gasteiger partial charge on any atom is 0.270 e. The summed E-state index contributed by atoms with van der Waals surface area (Å²) in [6.45, 7) is 2.50. The number of para-hydroxylation sites is 1. The number of rotatable bonds is 4. The number of nitrogens with zero attached hydrogens (tertiary/aromatic N) is 1. The fraction of sp³-hybridized carbons (Fsp3) is 0.308. The number of nitrogens with one attached hydrogen (secondary N) is 1. The number of sulfone groups is 1. The first kappa shape index (κ1) is 14.5. The van der Waals surface area contributed by atoms with Crippen LogP contribution in [-0.2, 0) is 14.6 Å². The zero-order chi connectivity index (χ0) is 14.8. The molecular formula is C13H16N2O4S. The van der Waals surface area contributed by atoms with Crippen molar-refractivity contribution < 1.29 is 18.4 Å². The topological polar surface area (TPSA) is 86.7 Å². The van der Waals surface area contributed by atoms with Gasteiger partial charge in [0.05, 0.1) is 10.6 Å². The molecule has 0 atom stereocenters. The Morgan fingerprint density at radius 1 is 1.40 bits per heavy atom. The summed E-state index contributed by atoms with van der Waals surface area (Å²) >= 11 is 0. The second-order valence-corrected chi connectivity index (χ2v) is 6.30. The first-order valence-corrected chi connectivity index (χ1v) is 7.78. The Hall–Kier alpha value is -1.86. The van der Waals surface area contributed by atoms with Gasteiger partial charge in [-0.1, -0.05) is 25.5 Å². The number of carbonyl (C=O) groups excluding carboxylic acids is 1. The average Bonchev–Trinajstić information content (AvgIpc) is 2.66. The molecule has 0 aromatic heterocycles. The third-order valence-electron chi connectivity index (χ3n) is 3.09. The quantitative estimate of drug-likeness (QED) is 0.498. The van der Waals surface area contributed by atoms with Crippen molar-refractivity contribution in [3.63, 3.8) is 0 Å². The lowest BCUT2D eigenvalue weighted by Gasteiger charge is -2.19. The summed E-state index contributed by atoms with van der Waals surface area (Å²) in [5.41, 5.74) is 1.99. The van der Waals surface area contributed by atoms with Crippen molar-refractivity contribution in [2.24, 2.45) is 0 Å². The molecule has 1 aromatic rings. The maximum absolute atomic E-state index is 12.4. The lowest BCUT2D eigenvalue weighted by atomic mass is 10.2. The molecule has 0 radical (unpaired) electrons. The van der Waals surface area contributed by atoms with Crippen molar-refractivity contribution in [2.75, 3.05) is 11.4 Å². The van der Waals surface area contributed by atoms with Crippen molar-refractivity contribution in [2.45, 2.75) is 24.7 Å². The van der Waals surface area contributed by atoms with E-state index in [1.807, 2.05) is 6.92 Å². The van der Waals surface area contributed by atoms with Gasteiger partial charge < -0.3 is 4.90 Å². The highest BCUT2D eigenvalue weighted by atomic mass is 32.2. The molecular weight excluding hydrogens is 280 g/mol. The van der Waals surface area contributed by atoms with Crippen molar-refractivity contribution in [1.29, 1.82) is 0 Å². The number of hydroxylamine groups is 1. The van der Waals surface area contributed by atoms with Crippen LogP contribution < -0.4 is 10.4 Å². The Kier molecular flexibility index (Phi) is 4.10. The van der Waals surface area contributed by atoms with E-state index in [-0.39, 0.29) is 9.92 Å². The minimum atomic E-state index is -3.72. The fourth-order valence-corrected chi connectivity index (χ4v) is 3.81. The number of benzene rings is 1. The van der Waals surface area contributed by atoms with Gasteiger partial charge in [0.1, 0.15) is 5.03 Å². The standard InChI is InChI=1S/C13H16N2O4S/c1-2-3-8-15-10-6-4-5-7-11(10)20(18,19)13(15)9-12(16)14-17/h4-7,9,17H,2-3,8H2,1H3,(H,14,16)/b13-9+. The molecule has 7 heteroatoms. The highest BCUT2D eigenvalue weighted by Gasteiger charge is 2.37. The molecule has 6 nitrogen and oxygen atoms in total. The van der Waals surface area contributed by atoms with E-state index in [1.165, 1.54) is 11.5 Å². The SMILES string of the molecule is CCCCN1/C(=C\C(=O)NO)S(=O)(=O)c2ccccc21. The first-order chi connectivity index (χ1) is 9.52. The largest absolute Gasteiger partial charge is 0.331 e. The predicted molar refractivity (Wildman–Crippen MR) is 73.9 cm³/mol. The normalized spacial score (nSPS) is 18.1. The lowest BCUT2D eigenvalue weighted by molar-refractivity contribution is -0.124. The summed E-state index contributed by atoms with van der Waals surface area (Å²) in [6.07, 6.45) is 2.60. The van der Waals surface area contributed by atoms with Crippen LogP contribution in [0.5, 0.6) is 0 Å². The van der Waals surface area contributed by atoms with Crippen LogP contribution in [0.15, 0.2) is 40.3 Å². The monoisotopic (exact) mass is 296 g/mol. The molecule has 0 unspecified atom stereocenters. The number of amides is 1. The second kappa shape index (κ2) is 5.64. The molecule has 0 aliphatic carbocycles. The molecule has 2 N–H and O–H groups in total. The van der Waals surface area contributed by atoms with E-state index < -0.39 is 15.7 Å². The van der Waals surface area contributed by atoms with E-state index in [0.29, 0.717) is 12.2 Å². The van der Waals surface area contributed by atoms with Gasteiger partial charge in [-0.3, -0.25) is 10.0 Å². The van der Waals surface area contributed by atoms with E-state index in [0.717, 1.165) is 18.9 Å². The predicted octanol–water partition coefficient (Wildman–Crippen LogP) is 1.43. The van der Waals surface area contributed by atoms with E-state index in [4.69, 9.17) is 5.21 Å². The number of hydrogen-bond acceptors (Lipinski definition) is 5. The summed E-state index contributed by atoms with van der Waals surface area (Å²) in [4.78, 5) is 13.1. The van der Waals surface area contributed by atoms with Crippen LogP contribution in [0.1, 0.15) is 19.8 Å². The van der Waals surface area contributed by atoms with Crippen molar-refractivity contribution in [1.82, 2.24) is 5.48 Å². The lowest BCUT2D eigenvalue weighted by Crippen LogP contribution is -2.25. The van der Waals surface area contributed by atoms with Crippen LogP contribution in [0.25, 0.3) is 0 Å². The van der Waals surface area contributed by atoms with Crippen LogP contribution in [-0.4, -0.2) is 26.1 Å². The molecule has 1 aromatic carbocycles. The molecule has 0 fully saturated rings. The van der Waals surface area contributed by atoms with Crippen molar-refractivity contribution in [3.8, 4) is 0 Å². The highest BCUT2D eigenvalue weighted by Crippen LogP contribution is 2.40. The molecule has 2 rings (SSSR count). The number of hydrogen-bond donors (Lipinski definition) is 2. The summed E-state index contributed by atoms with van der Waals surface area (Å²) in [5, 5.41) is 8.49. The molecule has 1 aliphatic heterocycles. The smallest absolute Gasteiger partial charge is 0.270 e. The van der Waals surface area contributed by atoms with Gasteiger partial charge in [-0.2, -0.15) is 0 Å². The van der Waals surface area contributed by atoms with Gasteiger partial charge in [-0.15, -0.1) is 0 Å². The van der Waals surface area contributed by atoms with Gasteiger partial charge in [0.15, 0.2) is 0 Å². The van der Waals surface area contributed by atoms with Crippen LogP contribution >= 0.6 is 0 Å². The summed E-state index contributed by atoms with van der Waals surface area (Å²) in [5.74, 6) is -0.863. The summed E-state index contributed by atoms with van der Waals surface area (Å²) in [6, 6.07) is 6.62. The van der Waals surface area contributed by atoms with Crippen molar-refractivity contribution >= 4 is 21.4 Å². The third-order valence-corrected chi connectivity index (χ3v) is 4.90. The molecule has 1 amide bonds. The van der Waals surface area contributed by atoms with Crippen LogP contribution in [0.4, 0.5) is 5.69 Å².